The molecule has 0 aliphatic carbocycles. The molecule has 0 aromatic rings. The van der Waals surface area contributed by atoms with Crippen molar-refractivity contribution in [3.63, 3.8) is 0 Å². The zero-order valence-electron chi connectivity index (χ0n) is 8.39. The van der Waals surface area contributed by atoms with Crippen LogP contribution in [0.25, 0.3) is 0 Å². The van der Waals surface area contributed by atoms with E-state index in [4.69, 9.17) is 7.98 Å². The van der Waals surface area contributed by atoms with Gasteiger partial charge in [0.2, 0.25) is 13.5 Å². The maximum atomic E-state index is 11.3. The fourth-order valence-corrected chi connectivity index (χ4v) is 3.63. The minimum Gasteiger partial charge on any atom is -0.412 e. The van der Waals surface area contributed by atoms with Gasteiger partial charge in [0, 0.05) is 0 Å². The lowest BCUT2D eigenvalue weighted by Crippen LogP contribution is -2.60. The summed E-state index contributed by atoms with van der Waals surface area (Å²) >= 11 is 0. The van der Waals surface area contributed by atoms with Crippen LogP contribution in [0, 0.1) is 0 Å². The first-order valence-corrected chi connectivity index (χ1v) is 9.45. The smallest absolute Gasteiger partial charge is 0.250 e. The Morgan fingerprint density at radius 1 is 1.31 bits per heavy atom. The van der Waals surface area contributed by atoms with E-state index in [-0.39, 0.29) is 11.1 Å². The number of carbonyl (C=O) groups excluding carboxylic acids is 2. The minimum atomic E-state index is -2.38. The summed E-state index contributed by atoms with van der Waals surface area (Å²) < 4.78 is 0. The van der Waals surface area contributed by atoms with Crippen LogP contribution in [-0.4, -0.2) is 36.1 Å². The number of rotatable bonds is 3. The highest BCUT2D eigenvalue weighted by molar-refractivity contribution is 7.07. The van der Waals surface area contributed by atoms with Crippen molar-refractivity contribution in [2.45, 2.75) is 26.2 Å². The molecule has 4 nitrogen and oxygen atoms in total. The van der Waals surface area contributed by atoms with Crippen LogP contribution in [0.3, 0.4) is 0 Å². The number of nitrogens with one attached hydrogen (secondary N) is 2. The first kappa shape index (κ1) is 12.4. The fraction of sp³-hybridized carbons (Fsp3) is 0.667. The molecule has 0 saturated carbocycles. The van der Waals surface area contributed by atoms with Gasteiger partial charge in [-0.25, -0.2) is 0 Å². The minimum absolute atomic E-state index is 0.00901. The molecular formula is C6H14BN2O2Si2. The molecule has 0 heterocycles. The quantitative estimate of drug-likeness (QED) is 0.675. The van der Waals surface area contributed by atoms with Gasteiger partial charge < -0.3 is 10.2 Å². The summed E-state index contributed by atoms with van der Waals surface area (Å²) in [6.07, 6.45) is 0. The molecule has 0 unspecified atom stereocenters. The SMILES string of the molecule is [B]NC(=O)[Si](C)(C)NC(=O)[Si](C)C. The molecule has 7 heteroatoms. The largest absolute Gasteiger partial charge is 0.412 e. The van der Waals surface area contributed by atoms with E-state index in [1.54, 1.807) is 13.1 Å². The first-order chi connectivity index (χ1) is 5.81. The van der Waals surface area contributed by atoms with Crippen molar-refractivity contribution in [1.29, 1.82) is 0 Å². The van der Waals surface area contributed by atoms with Gasteiger partial charge in [0.25, 0.3) is 8.24 Å². The number of amides is 2. The van der Waals surface area contributed by atoms with Gasteiger partial charge in [0.15, 0.2) is 14.3 Å². The summed E-state index contributed by atoms with van der Waals surface area (Å²) in [5.41, 5.74) is -0.269. The van der Waals surface area contributed by atoms with Crippen LogP contribution in [-0.2, 0) is 0 Å². The average molecular weight is 213 g/mol. The van der Waals surface area contributed by atoms with Gasteiger partial charge in [0.1, 0.15) is 0 Å². The van der Waals surface area contributed by atoms with Gasteiger partial charge in [-0.05, 0) is 13.1 Å². The summed E-state index contributed by atoms with van der Waals surface area (Å²) in [6.45, 7) is 7.26. The van der Waals surface area contributed by atoms with Crippen molar-refractivity contribution in [3.05, 3.63) is 0 Å². The lowest BCUT2D eigenvalue weighted by Gasteiger charge is -2.22. The van der Waals surface area contributed by atoms with Crippen molar-refractivity contribution >= 4 is 36.1 Å². The Morgan fingerprint density at radius 2 is 1.77 bits per heavy atom. The third-order valence-electron chi connectivity index (χ3n) is 1.58. The number of hydrogen-bond donors (Lipinski definition) is 2. The first-order valence-electron chi connectivity index (χ1n) is 3.95. The Balaban J connectivity index is 4.33. The third kappa shape index (κ3) is 3.77. The Kier molecular flexibility index (Phi) is 4.41. The highest BCUT2D eigenvalue weighted by atomic mass is 28.3. The van der Waals surface area contributed by atoms with Gasteiger partial charge in [-0.2, -0.15) is 0 Å². The third-order valence-corrected chi connectivity index (χ3v) is 4.99. The lowest BCUT2D eigenvalue weighted by molar-refractivity contribution is 0.257. The Hall–Kier alpha value is -0.561. The molecule has 0 aromatic heterocycles. The molecule has 0 spiro atoms. The number of hydrogen-bond acceptors (Lipinski definition) is 2. The summed E-state index contributed by atoms with van der Waals surface area (Å²) in [6, 6.07) is 0. The van der Waals surface area contributed by atoms with E-state index in [0.717, 1.165) is 0 Å². The molecule has 0 saturated heterocycles. The van der Waals surface area contributed by atoms with Crippen LogP contribution in [0.2, 0.25) is 26.2 Å². The van der Waals surface area contributed by atoms with Gasteiger partial charge in [-0.15, -0.1) is 0 Å². The molecule has 0 aliphatic rings. The Labute approximate surface area is 82.6 Å². The predicted octanol–water partition coefficient (Wildman–Crippen LogP) is 0.612. The second-order valence-electron chi connectivity index (χ2n) is 3.55. The molecular weight excluding hydrogens is 199 g/mol. The summed E-state index contributed by atoms with van der Waals surface area (Å²) in [4.78, 5) is 25.3. The van der Waals surface area contributed by atoms with Gasteiger partial charge in [0.05, 0.1) is 0 Å². The monoisotopic (exact) mass is 213 g/mol. The van der Waals surface area contributed by atoms with Gasteiger partial charge >= 0.3 is 0 Å². The summed E-state index contributed by atoms with van der Waals surface area (Å²) in [7, 11) is 1.60. The van der Waals surface area contributed by atoms with Crippen molar-refractivity contribution < 1.29 is 9.59 Å². The van der Waals surface area contributed by atoms with Crippen LogP contribution in [0.5, 0.6) is 0 Å². The van der Waals surface area contributed by atoms with E-state index < -0.39 is 17.0 Å². The van der Waals surface area contributed by atoms with E-state index in [2.05, 4.69) is 10.2 Å². The van der Waals surface area contributed by atoms with Crippen LogP contribution < -0.4 is 10.2 Å². The molecule has 71 valence electrons. The topological polar surface area (TPSA) is 58.2 Å². The van der Waals surface area contributed by atoms with E-state index in [1.165, 1.54) is 0 Å². The van der Waals surface area contributed by atoms with Gasteiger partial charge in [-0.1, -0.05) is 13.1 Å². The fourth-order valence-electron chi connectivity index (χ4n) is 0.646. The zero-order valence-corrected chi connectivity index (χ0v) is 10.4. The van der Waals surface area contributed by atoms with Crippen molar-refractivity contribution in [2.75, 3.05) is 0 Å². The molecule has 0 rings (SSSR count). The van der Waals surface area contributed by atoms with E-state index in [0.29, 0.717) is 0 Å². The molecule has 0 aromatic carbocycles. The molecule has 2 N–H and O–H groups in total. The van der Waals surface area contributed by atoms with E-state index in [9.17, 15) is 9.59 Å². The maximum Gasteiger partial charge on any atom is 0.250 e. The van der Waals surface area contributed by atoms with Crippen molar-refractivity contribution in [1.82, 2.24) is 10.2 Å². The molecule has 3 radical (unpaired) electrons. The van der Waals surface area contributed by atoms with Crippen LogP contribution in [0.15, 0.2) is 0 Å². The average Bonchev–Trinajstić information content (AvgIpc) is 2.01. The van der Waals surface area contributed by atoms with E-state index >= 15 is 0 Å². The predicted molar refractivity (Wildman–Crippen MR) is 57.8 cm³/mol. The molecule has 0 fully saturated rings. The van der Waals surface area contributed by atoms with Crippen molar-refractivity contribution in [3.8, 4) is 0 Å². The van der Waals surface area contributed by atoms with Crippen LogP contribution >= 0.6 is 0 Å². The molecule has 0 atom stereocenters. The van der Waals surface area contributed by atoms with Crippen molar-refractivity contribution in [2.24, 2.45) is 0 Å². The Morgan fingerprint density at radius 3 is 2.08 bits per heavy atom. The number of carbonyl (C=O) groups is 2. The van der Waals surface area contributed by atoms with E-state index in [1.807, 2.05) is 13.1 Å². The summed E-state index contributed by atoms with van der Waals surface area (Å²) in [5.74, 6) is 0. The molecule has 0 bridgehead atoms. The molecule has 0 aliphatic heterocycles. The van der Waals surface area contributed by atoms with Crippen LogP contribution in [0.4, 0.5) is 9.59 Å². The second kappa shape index (κ2) is 4.61. The lowest BCUT2D eigenvalue weighted by atomic mass is 10.5. The standard InChI is InChI=1S/C6H14BN2O2Si2/c1-12(2)5(10)9-13(3,4)6(11)8-7/h1-4H3,(H,8,11)(H,9,10). The van der Waals surface area contributed by atoms with Gasteiger partial charge in [-0.3, -0.25) is 9.59 Å². The highest BCUT2D eigenvalue weighted by Crippen LogP contribution is 1.99. The molecule has 2 amide bonds. The maximum absolute atomic E-state index is 11.3. The second-order valence-corrected chi connectivity index (χ2v) is 9.96. The summed E-state index contributed by atoms with van der Waals surface area (Å²) in [5, 5.41) is 2.07. The Bertz CT molecular complexity index is 221. The van der Waals surface area contributed by atoms with Crippen LogP contribution in [0.1, 0.15) is 0 Å². The molecule has 13 heavy (non-hydrogen) atoms. The zero-order chi connectivity index (χ0) is 10.6. The normalized spacial score (nSPS) is 11.2. The highest BCUT2D eigenvalue weighted by Gasteiger charge is 2.32.